The number of benzene rings is 2. The predicted molar refractivity (Wildman–Crippen MR) is 87.3 cm³/mol. The third-order valence-corrected chi connectivity index (χ3v) is 3.40. The fourth-order valence-electron chi connectivity index (χ4n) is 2.21. The van der Waals surface area contributed by atoms with Gasteiger partial charge >= 0.3 is 0 Å². The van der Waals surface area contributed by atoms with Crippen LogP contribution in [0.1, 0.15) is 18.9 Å². The Bertz CT molecular complexity index is 656. The summed E-state index contributed by atoms with van der Waals surface area (Å²) in [5.74, 6) is -0.930. The number of hydrogen-bond donors (Lipinski definition) is 1. The number of nitrogens with one attached hydrogen (secondary N) is 1. The number of nitrogens with zero attached hydrogens (tertiary/aromatic N) is 1. The quantitative estimate of drug-likeness (QED) is 0.834. The van der Waals surface area contributed by atoms with Crippen molar-refractivity contribution in [3.05, 3.63) is 66.0 Å². The van der Waals surface area contributed by atoms with Gasteiger partial charge in [0, 0.05) is 18.8 Å². The van der Waals surface area contributed by atoms with Gasteiger partial charge < -0.3 is 10.2 Å². The maximum absolute atomic E-state index is 12.8. The molecular formula is C18H19FN2O2. The number of anilines is 1. The van der Waals surface area contributed by atoms with Crippen molar-refractivity contribution >= 4 is 17.5 Å². The zero-order valence-electron chi connectivity index (χ0n) is 13.0. The van der Waals surface area contributed by atoms with Crippen molar-refractivity contribution in [2.24, 2.45) is 0 Å². The largest absolute Gasteiger partial charge is 0.352 e. The topological polar surface area (TPSA) is 49.4 Å². The van der Waals surface area contributed by atoms with E-state index in [1.165, 1.54) is 12.1 Å². The summed E-state index contributed by atoms with van der Waals surface area (Å²) in [5, 5.41) is 2.67. The lowest BCUT2D eigenvalue weighted by Crippen LogP contribution is -2.35. The SMILES string of the molecule is CCN(C(=O)CC(=O)NCc1ccc(F)cc1)c1ccccc1. The van der Waals surface area contributed by atoms with Crippen LogP contribution in [0, 0.1) is 5.82 Å². The molecule has 0 heterocycles. The Morgan fingerprint density at radius 3 is 2.30 bits per heavy atom. The molecule has 0 bridgehead atoms. The summed E-state index contributed by atoms with van der Waals surface area (Å²) in [7, 11) is 0. The average Bonchev–Trinajstić information content (AvgIpc) is 2.56. The Labute approximate surface area is 134 Å². The summed E-state index contributed by atoms with van der Waals surface area (Å²) in [6.45, 7) is 2.62. The Balaban J connectivity index is 1.88. The summed E-state index contributed by atoms with van der Waals surface area (Å²) in [5.41, 5.74) is 1.55. The molecule has 23 heavy (non-hydrogen) atoms. The Morgan fingerprint density at radius 1 is 1.04 bits per heavy atom. The van der Waals surface area contributed by atoms with Crippen molar-refractivity contribution in [3.8, 4) is 0 Å². The molecule has 0 spiro atoms. The highest BCUT2D eigenvalue weighted by Crippen LogP contribution is 2.14. The van der Waals surface area contributed by atoms with Gasteiger partial charge in [-0.15, -0.1) is 0 Å². The van der Waals surface area contributed by atoms with Crippen LogP contribution in [-0.2, 0) is 16.1 Å². The summed E-state index contributed by atoms with van der Waals surface area (Å²) < 4.78 is 12.8. The maximum atomic E-state index is 12.8. The van der Waals surface area contributed by atoms with Crippen LogP contribution in [-0.4, -0.2) is 18.4 Å². The fraction of sp³-hybridized carbons (Fsp3) is 0.222. The lowest BCUT2D eigenvalue weighted by atomic mass is 10.2. The van der Waals surface area contributed by atoms with Crippen LogP contribution in [0.2, 0.25) is 0 Å². The number of halogens is 1. The number of rotatable bonds is 6. The minimum absolute atomic E-state index is 0.218. The molecule has 0 saturated heterocycles. The first-order chi connectivity index (χ1) is 11.1. The van der Waals surface area contributed by atoms with Gasteiger partial charge in [-0.3, -0.25) is 9.59 Å². The van der Waals surface area contributed by atoms with Gasteiger partial charge in [-0.05, 0) is 36.8 Å². The standard InChI is InChI=1S/C18H19FN2O2/c1-2-21(16-6-4-3-5-7-16)18(23)12-17(22)20-13-14-8-10-15(19)11-9-14/h3-11H,2,12-13H2,1H3,(H,20,22). The van der Waals surface area contributed by atoms with Crippen LogP contribution in [0.25, 0.3) is 0 Å². The lowest BCUT2D eigenvalue weighted by molar-refractivity contribution is -0.128. The molecule has 120 valence electrons. The van der Waals surface area contributed by atoms with Gasteiger partial charge in [0.2, 0.25) is 11.8 Å². The Morgan fingerprint density at radius 2 is 1.70 bits per heavy atom. The monoisotopic (exact) mass is 314 g/mol. The van der Waals surface area contributed by atoms with Crippen LogP contribution in [0.5, 0.6) is 0 Å². The Kier molecular flexibility index (Phi) is 5.86. The minimum atomic E-state index is -0.353. The number of amides is 2. The van der Waals surface area contributed by atoms with E-state index in [0.29, 0.717) is 6.54 Å². The van der Waals surface area contributed by atoms with Crippen LogP contribution < -0.4 is 10.2 Å². The third kappa shape index (κ3) is 4.92. The molecule has 2 aromatic rings. The summed E-state index contributed by atoms with van der Waals surface area (Å²) in [6, 6.07) is 15.1. The van der Waals surface area contributed by atoms with Crippen molar-refractivity contribution in [1.29, 1.82) is 0 Å². The lowest BCUT2D eigenvalue weighted by Gasteiger charge is -2.20. The van der Waals surface area contributed by atoms with E-state index in [9.17, 15) is 14.0 Å². The fourth-order valence-corrected chi connectivity index (χ4v) is 2.21. The average molecular weight is 314 g/mol. The first kappa shape index (κ1) is 16.7. The zero-order chi connectivity index (χ0) is 16.7. The molecule has 0 aromatic heterocycles. The molecule has 0 aliphatic carbocycles. The number of hydrogen-bond acceptors (Lipinski definition) is 2. The molecule has 0 atom stereocenters. The molecular weight excluding hydrogens is 295 g/mol. The van der Waals surface area contributed by atoms with Crippen molar-refractivity contribution < 1.29 is 14.0 Å². The molecule has 0 aliphatic heterocycles. The van der Waals surface area contributed by atoms with E-state index in [0.717, 1.165) is 11.3 Å². The molecule has 0 fully saturated rings. The molecule has 0 unspecified atom stereocenters. The molecule has 0 radical (unpaired) electrons. The minimum Gasteiger partial charge on any atom is -0.352 e. The smallest absolute Gasteiger partial charge is 0.236 e. The first-order valence-electron chi connectivity index (χ1n) is 7.46. The van der Waals surface area contributed by atoms with Crippen molar-refractivity contribution in [2.45, 2.75) is 19.9 Å². The summed E-state index contributed by atoms with van der Waals surface area (Å²) in [4.78, 5) is 25.7. The normalized spacial score (nSPS) is 10.2. The van der Waals surface area contributed by atoms with Crippen molar-refractivity contribution in [3.63, 3.8) is 0 Å². The second-order valence-electron chi connectivity index (χ2n) is 5.05. The van der Waals surface area contributed by atoms with E-state index in [4.69, 9.17) is 0 Å². The van der Waals surface area contributed by atoms with Gasteiger partial charge in [-0.2, -0.15) is 0 Å². The van der Waals surface area contributed by atoms with Gasteiger partial charge in [0.15, 0.2) is 0 Å². The molecule has 0 saturated carbocycles. The molecule has 4 nitrogen and oxygen atoms in total. The van der Waals surface area contributed by atoms with E-state index in [-0.39, 0.29) is 30.6 Å². The number of para-hydroxylation sites is 1. The highest BCUT2D eigenvalue weighted by molar-refractivity contribution is 6.04. The second kappa shape index (κ2) is 8.08. The van der Waals surface area contributed by atoms with E-state index < -0.39 is 0 Å². The van der Waals surface area contributed by atoms with Crippen LogP contribution >= 0.6 is 0 Å². The zero-order valence-corrected chi connectivity index (χ0v) is 13.0. The molecule has 5 heteroatoms. The second-order valence-corrected chi connectivity index (χ2v) is 5.05. The van der Waals surface area contributed by atoms with Crippen molar-refractivity contribution in [1.82, 2.24) is 5.32 Å². The van der Waals surface area contributed by atoms with Gasteiger partial charge in [0.25, 0.3) is 0 Å². The van der Waals surface area contributed by atoms with Gasteiger partial charge in [0.1, 0.15) is 12.2 Å². The van der Waals surface area contributed by atoms with E-state index in [2.05, 4.69) is 5.32 Å². The van der Waals surface area contributed by atoms with Crippen LogP contribution in [0.15, 0.2) is 54.6 Å². The molecule has 1 N–H and O–H groups in total. The van der Waals surface area contributed by atoms with Gasteiger partial charge in [-0.25, -0.2) is 4.39 Å². The maximum Gasteiger partial charge on any atom is 0.236 e. The van der Waals surface area contributed by atoms with Crippen LogP contribution in [0.4, 0.5) is 10.1 Å². The highest BCUT2D eigenvalue weighted by atomic mass is 19.1. The molecule has 0 aliphatic rings. The number of carbonyl (C=O) groups is 2. The third-order valence-electron chi connectivity index (χ3n) is 3.40. The number of carbonyl (C=O) groups excluding carboxylic acids is 2. The van der Waals surface area contributed by atoms with Crippen LogP contribution in [0.3, 0.4) is 0 Å². The predicted octanol–water partition coefficient (Wildman–Crippen LogP) is 2.89. The van der Waals surface area contributed by atoms with E-state index in [1.807, 2.05) is 37.3 Å². The summed E-state index contributed by atoms with van der Waals surface area (Å²) >= 11 is 0. The van der Waals surface area contributed by atoms with E-state index >= 15 is 0 Å². The molecule has 2 amide bonds. The first-order valence-corrected chi connectivity index (χ1v) is 7.46. The van der Waals surface area contributed by atoms with Gasteiger partial charge in [-0.1, -0.05) is 30.3 Å². The molecule has 2 rings (SSSR count). The Hall–Kier alpha value is -2.69. The summed E-state index contributed by atoms with van der Waals surface area (Å²) in [6.07, 6.45) is -0.218. The van der Waals surface area contributed by atoms with Gasteiger partial charge in [0.05, 0.1) is 0 Å². The van der Waals surface area contributed by atoms with E-state index in [1.54, 1.807) is 17.0 Å². The highest BCUT2D eigenvalue weighted by Gasteiger charge is 2.17. The molecule has 2 aromatic carbocycles. The van der Waals surface area contributed by atoms with Crippen molar-refractivity contribution in [2.75, 3.05) is 11.4 Å².